The molecule has 0 bridgehead atoms. The molecule has 1 rings (SSSR count). The molecule has 19 heavy (non-hydrogen) atoms. The Kier molecular flexibility index (Phi) is 6.16. The van der Waals surface area contributed by atoms with Crippen molar-refractivity contribution in [1.82, 2.24) is 14.7 Å². The van der Waals surface area contributed by atoms with Gasteiger partial charge in [-0.15, -0.1) is 0 Å². The van der Waals surface area contributed by atoms with Crippen LogP contribution in [0.3, 0.4) is 0 Å². The predicted molar refractivity (Wildman–Crippen MR) is 80.2 cm³/mol. The van der Waals surface area contributed by atoms with E-state index < -0.39 is 0 Å². The molecule has 1 atom stereocenters. The first-order valence-corrected chi connectivity index (χ1v) is 7.27. The van der Waals surface area contributed by atoms with Gasteiger partial charge in [-0.25, -0.2) is 0 Å². The van der Waals surface area contributed by atoms with Gasteiger partial charge in [0.1, 0.15) is 5.69 Å². The number of rotatable bonds is 7. The van der Waals surface area contributed by atoms with Crippen LogP contribution in [0.5, 0.6) is 0 Å². The molecule has 5 nitrogen and oxygen atoms in total. The van der Waals surface area contributed by atoms with E-state index in [0.29, 0.717) is 24.6 Å². The summed E-state index contributed by atoms with van der Waals surface area (Å²) in [5.41, 5.74) is 6.59. The van der Waals surface area contributed by atoms with Gasteiger partial charge < -0.3 is 10.6 Å². The van der Waals surface area contributed by atoms with Crippen molar-refractivity contribution in [3.05, 3.63) is 16.4 Å². The average molecular weight is 331 g/mol. The third-order valence-electron chi connectivity index (χ3n) is 3.10. The minimum Gasteiger partial charge on any atom is -0.327 e. The standard InChI is InChI=1S/C13H23BrN4O/c1-9(2)11(15)7-12(19)13-10(14)8-16-18(13)6-5-17(3)4/h8-9,11H,5-7,15H2,1-4H3. The van der Waals surface area contributed by atoms with Crippen LogP contribution in [-0.4, -0.2) is 47.1 Å². The minimum absolute atomic E-state index is 0.0457. The Morgan fingerprint density at radius 3 is 2.68 bits per heavy atom. The van der Waals surface area contributed by atoms with Crippen molar-refractivity contribution in [2.24, 2.45) is 11.7 Å². The van der Waals surface area contributed by atoms with E-state index in [-0.39, 0.29) is 11.8 Å². The van der Waals surface area contributed by atoms with Gasteiger partial charge in [0.15, 0.2) is 5.78 Å². The zero-order valence-corrected chi connectivity index (χ0v) is 13.6. The van der Waals surface area contributed by atoms with E-state index in [1.165, 1.54) is 0 Å². The van der Waals surface area contributed by atoms with Crippen LogP contribution in [0.2, 0.25) is 0 Å². The summed E-state index contributed by atoms with van der Waals surface area (Å²) in [5, 5.41) is 4.24. The molecular formula is C13H23BrN4O. The second-order valence-electron chi connectivity index (χ2n) is 5.40. The van der Waals surface area contributed by atoms with Crippen molar-refractivity contribution in [1.29, 1.82) is 0 Å². The largest absolute Gasteiger partial charge is 0.327 e. The number of carbonyl (C=O) groups is 1. The highest BCUT2D eigenvalue weighted by atomic mass is 79.9. The van der Waals surface area contributed by atoms with Gasteiger partial charge in [-0.1, -0.05) is 13.8 Å². The maximum absolute atomic E-state index is 12.3. The monoisotopic (exact) mass is 330 g/mol. The number of Topliss-reactive ketones (excluding diaryl/α,β-unsaturated/α-hetero) is 1. The molecule has 108 valence electrons. The Morgan fingerprint density at radius 2 is 2.16 bits per heavy atom. The summed E-state index contributed by atoms with van der Waals surface area (Å²) in [4.78, 5) is 14.4. The summed E-state index contributed by atoms with van der Waals surface area (Å²) in [6.45, 7) is 5.58. The number of hydrogen-bond donors (Lipinski definition) is 1. The summed E-state index contributed by atoms with van der Waals surface area (Å²) in [7, 11) is 3.99. The molecule has 0 fully saturated rings. The van der Waals surface area contributed by atoms with E-state index in [4.69, 9.17) is 5.73 Å². The van der Waals surface area contributed by atoms with E-state index in [0.717, 1.165) is 11.0 Å². The lowest BCUT2D eigenvalue weighted by Crippen LogP contribution is -2.30. The van der Waals surface area contributed by atoms with Gasteiger partial charge in [-0.3, -0.25) is 9.48 Å². The number of carbonyl (C=O) groups excluding carboxylic acids is 1. The van der Waals surface area contributed by atoms with Crippen LogP contribution < -0.4 is 5.73 Å². The quantitative estimate of drug-likeness (QED) is 0.774. The Hall–Kier alpha value is -0.720. The van der Waals surface area contributed by atoms with Crippen LogP contribution in [0.15, 0.2) is 10.7 Å². The molecule has 1 heterocycles. The van der Waals surface area contributed by atoms with E-state index in [1.807, 2.05) is 27.9 Å². The smallest absolute Gasteiger partial charge is 0.183 e. The molecule has 1 aromatic heterocycles. The SMILES string of the molecule is CC(C)C(N)CC(=O)c1c(Br)cnn1CCN(C)C. The van der Waals surface area contributed by atoms with Crippen LogP contribution in [0.1, 0.15) is 30.8 Å². The molecule has 0 spiro atoms. The maximum Gasteiger partial charge on any atom is 0.183 e. The molecule has 0 saturated carbocycles. The third kappa shape index (κ3) is 4.71. The summed E-state index contributed by atoms with van der Waals surface area (Å²) >= 11 is 3.39. The second-order valence-corrected chi connectivity index (χ2v) is 6.26. The summed E-state index contributed by atoms with van der Waals surface area (Å²) in [6, 6.07) is -0.114. The van der Waals surface area contributed by atoms with Gasteiger partial charge in [0.2, 0.25) is 0 Å². The zero-order chi connectivity index (χ0) is 14.6. The number of nitrogens with zero attached hydrogens (tertiary/aromatic N) is 3. The Balaban J connectivity index is 2.81. The molecule has 0 radical (unpaired) electrons. The first kappa shape index (κ1) is 16.3. The number of halogens is 1. The lowest BCUT2D eigenvalue weighted by Gasteiger charge is -2.16. The van der Waals surface area contributed by atoms with Gasteiger partial charge in [-0.2, -0.15) is 5.10 Å². The second kappa shape index (κ2) is 7.17. The lowest BCUT2D eigenvalue weighted by atomic mass is 9.99. The molecule has 0 amide bonds. The van der Waals surface area contributed by atoms with Crippen LogP contribution in [0.4, 0.5) is 0 Å². The fraction of sp³-hybridized carbons (Fsp3) is 0.692. The lowest BCUT2D eigenvalue weighted by molar-refractivity contribution is 0.0955. The molecule has 0 aromatic carbocycles. The number of aromatic nitrogens is 2. The van der Waals surface area contributed by atoms with Crippen LogP contribution >= 0.6 is 15.9 Å². The topological polar surface area (TPSA) is 64.2 Å². The highest BCUT2D eigenvalue weighted by molar-refractivity contribution is 9.10. The van der Waals surface area contributed by atoms with Crippen LogP contribution in [0.25, 0.3) is 0 Å². The summed E-state index contributed by atoms with van der Waals surface area (Å²) in [6.07, 6.45) is 2.02. The minimum atomic E-state index is -0.114. The van der Waals surface area contributed by atoms with Gasteiger partial charge in [0, 0.05) is 19.0 Å². The number of likely N-dealkylation sites (N-methyl/N-ethyl adjacent to an activating group) is 1. The molecular weight excluding hydrogens is 308 g/mol. The average Bonchev–Trinajstić information content (AvgIpc) is 2.67. The first-order valence-electron chi connectivity index (χ1n) is 6.47. The fourth-order valence-electron chi connectivity index (χ4n) is 1.65. The van der Waals surface area contributed by atoms with Crippen molar-refractivity contribution in [2.45, 2.75) is 32.9 Å². The molecule has 6 heteroatoms. The van der Waals surface area contributed by atoms with Crippen molar-refractivity contribution in [2.75, 3.05) is 20.6 Å². The highest BCUT2D eigenvalue weighted by Crippen LogP contribution is 2.19. The Morgan fingerprint density at radius 1 is 1.53 bits per heavy atom. The highest BCUT2D eigenvalue weighted by Gasteiger charge is 2.20. The molecule has 1 aromatic rings. The number of hydrogen-bond acceptors (Lipinski definition) is 4. The predicted octanol–water partition coefficient (Wildman–Crippen LogP) is 1.76. The van der Waals surface area contributed by atoms with Crippen LogP contribution in [0, 0.1) is 5.92 Å². The maximum atomic E-state index is 12.3. The summed E-state index contributed by atoms with van der Waals surface area (Å²) < 4.78 is 2.49. The van der Waals surface area contributed by atoms with Gasteiger partial charge in [0.05, 0.1) is 17.2 Å². The van der Waals surface area contributed by atoms with Crippen LogP contribution in [-0.2, 0) is 6.54 Å². The van der Waals surface area contributed by atoms with Crippen molar-refractivity contribution in [3.63, 3.8) is 0 Å². The summed E-state index contributed by atoms with van der Waals surface area (Å²) in [5.74, 6) is 0.338. The van der Waals surface area contributed by atoms with Gasteiger partial charge in [0.25, 0.3) is 0 Å². The number of nitrogens with two attached hydrogens (primary N) is 1. The van der Waals surface area contributed by atoms with E-state index in [2.05, 4.69) is 25.9 Å². The first-order chi connectivity index (χ1) is 8.82. The normalized spacial score (nSPS) is 13.3. The third-order valence-corrected chi connectivity index (χ3v) is 3.68. The molecule has 1 unspecified atom stereocenters. The van der Waals surface area contributed by atoms with Gasteiger partial charge >= 0.3 is 0 Å². The van der Waals surface area contributed by atoms with Crippen molar-refractivity contribution >= 4 is 21.7 Å². The number of ketones is 1. The Labute approximate surface area is 123 Å². The van der Waals surface area contributed by atoms with Gasteiger partial charge in [-0.05, 0) is 35.9 Å². The Bertz CT molecular complexity index is 428. The molecule has 2 N–H and O–H groups in total. The van der Waals surface area contributed by atoms with E-state index >= 15 is 0 Å². The molecule has 0 aliphatic rings. The fourth-order valence-corrected chi connectivity index (χ4v) is 2.17. The zero-order valence-electron chi connectivity index (χ0n) is 12.1. The molecule has 0 saturated heterocycles. The van der Waals surface area contributed by atoms with Crippen molar-refractivity contribution in [3.8, 4) is 0 Å². The van der Waals surface area contributed by atoms with Crippen molar-refractivity contribution < 1.29 is 4.79 Å². The molecule has 0 aliphatic heterocycles. The van der Waals surface area contributed by atoms with E-state index in [1.54, 1.807) is 10.9 Å². The molecule has 0 aliphatic carbocycles. The van der Waals surface area contributed by atoms with E-state index in [9.17, 15) is 4.79 Å².